The summed E-state index contributed by atoms with van der Waals surface area (Å²) in [7, 11) is 0. The second kappa shape index (κ2) is 10.4. The third-order valence-corrected chi connectivity index (χ3v) is 4.43. The summed E-state index contributed by atoms with van der Waals surface area (Å²) in [5.74, 6) is 0.118. The molecule has 0 unspecified atom stereocenters. The van der Waals surface area contributed by atoms with Crippen molar-refractivity contribution in [1.82, 2.24) is 5.43 Å². The zero-order valence-electron chi connectivity index (χ0n) is 15.4. The molecule has 3 rings (SSSR count). The van der Waals surface area contributed by atoms with Crippen molar-refractivity contribution < 1.29 is 13.9 Å². The molecule has 0 heterocycles. The highest BCUT2D eigenvalue weighted by Crippen LogP contribution is 2.15. The number of nitrogens with zero attached hydrogens (tertiary/aromatic N) is 1. The molecular formula is C22H19BrFN3O2. The number of carbonyl (C=O) groups is 1. The summed E-state index contributed by atoms with van der Waals surface area (Å²) in [4.78, 5) is 11.8. The van der Waals surface area contributed by atoms with Crippen molar-refractivity contribution in [1.29, 1.82) is 0 Å². The molecule has 0 bridgehead atoms. The lowest BCUT2D eigenvalue weighted by molar-refractivity contribution is -0.119. The minimum Gasteiger partial charge on any atom is -0.489 e. The van der Waals surface area contributed by atoms with Crippen LogP contribution in [0.2, 0.25) is 0 Å². The van der Waals surface area contributed by atoms with Gasteiger partial charge in [0.25, 0.3) is 5.91 Å². The van der Waals surface area contributed by atoms with Crippen molar-refractivity contribution in [3.05, 3.63) is 94.2 Å². The minimum atomic E-state index is -0.325. The Balaban J connectivity index is 1.41. The Labute approximate surface area is 176 Å². The molecule has 0 aliphatic heterocycles. The van der Waals surface area contributed by atoms with Crippen LogP contribution < -0.4 is 15.5 Å². The molecule has 3 aromatic rings. The smallest absolute Gasteiger partial charge is 0.259 e. The quantitative estimate of drug-likeness (QED) is 0.381. The van der Waals surface area contributed by atoms with Gasteiger partial charge in [-0.3, -0.25) is 4.79 Å². The largest absolute Gasteiger partial charge is 0.489 e. The van der Waals surface area contributed by atoms with E-state index in [0.29, 0.717) is 12.3 Å². The van der Waals surface area contributed by atoms with Crippen molar-refractivity contribution >= 4 is 33.7 Å². The predicted octanol–water partition coefficient (Wildman–Crippen LogP) is 4.73. The molecular weight excluding hydrogens is 437 g/mol. The van der Waals surface area contributed by atoms with Crippen molar-refractivity contribution in [3.8, 4) is 5.75 Å². The van der Waals surface area contributed by atoms with E-state index in [1.165, 1.54) is 12.1 Å². The molecule has 0 aromatic heterocycles. The Hall–Kier alpha value is -3.19. The number of rotatable bonds is 8. The zero-order chi connectivity index (χ0) is 20.5. The van der Waals surface area contributed by atoms with Crippen LogP contribution in [0.1, 0.15) is 11.1 Å². The van der Waals surface area contributed by atoms with Crippen LogP contribution in [0, 0.1) is 5.82 Å². The number of benzene rings is 3. The molecule has 0 aliphatic carbocycles. The van der Waals surface area contributed by atoms with Crippen LogP contribution in [0.5, 0.6) is 5.75 Å². The van der Waals surface area contributed by atoms with E-state index >= 15 is 0 Å². The molecule has 0 radical (unpaired) electrons. The van der Waals surface area contributed by atoms with Crippen molar-refractivity contribution in [2.75, 3.05) is 11.9 Å². The summed E-state index contributed by atoms with van der Waals surface area (Å²) in [6.07, 6.45) is 1.55. The fourth-order valence-electron chi connectivity index (χ4n) is 2.37. The summed E-state index contributed by atoms with van der Waals surface area (Å²) in [6, 6.07) is 21.1. The number of anilines is 1. The van der Waals surface area contributed by atoms with E-state index in [0.717, 1.165) is 21.3 Å². The lowest BCUT2D eigenvalue weighted by atomic mass is 10.2. The second-order valence-corrected chi connectivity index (χ2v) is 7.05. The molecule has 2 N–H and O–H groups in total. The van der Waals surface area contributed by atoms with Crippen LogP contribution in [0.3, 0.4) is 0 Å². The maximum Gasteiger partial charge on any atom is 0.259 e. The molecule has 0 saturated carbocycles. The number of ether oxygens (including phenoxy) is 1. The highest BCUT2D eigenvalue weighted by Gasteiger charge is 2.00. The van der Waals surface area contributed by atoms with Gasteiger partial charge < -0.3 is 10.1 Å². The van der Waals surface area contributed by atoms with E-state index in [9.17, 15) is 9.18 Å². The molecule has 7 heteroatoms. The molecule has 29 heavy (non-hydrogen) atoms. The monoisotopic (exact) mass is 455 g/mol. The summed E-state index contributed by atoms with van der Waals surface area (Å²) in [5.41, 5.74) is 5.00. The average molecular weight is 456 g/mol. The van der Waals surface area contributed by atoms with Gasteiger partial charge in [-0.15, -0.1) is 0 Å². The van der Waals surface area contributed by atoms with Gasteiger partial charge in [0.1, 0.15) is 18.2 Å². The van der Waals surface area contributed by atoms with E-state index in [1.54, 1.807) is 18.3 Å². The highest BCUT2D eigenvalue weighted by atomic mass is 79.9. The number of hydrogen-bond acceptors (Lipinski definition) is 4. The summed E-state index contributed by atoms with van der Waals surface area (Å²) < 4.78 is 19.6. The summed E-state index contributed by atoms with van der Waals surface area (Å²) >= 11 is 3.41. The van der Waals surface area contributed by atoms with Gasteiger partial charge in [0.05, 0.1) is 12.8 Å². The third kappa shape index (κ3) is 7.04. The third-order valence-electron chi connectivity index (χ3n) is 3.90. The Morgan fingerprint density at radius 2 is 1.69 bits per heavy atom. The fraction of sp³-hybridized carbons (Fsp3) is 0.0909. The van der Waals surface area contributed by atoms with Crippen LogP contribution in [-0.4, -0.2) is 18.7 Å². The van der Waals surface area contributed by atoms with Gasteiger partial charge in [-0.05, 0) is 71.8 Å². The van der Waals surface area contributed by atoms with Crippen molar-refractivity contribution in [2.45, 2.75) is 6.61 Å². The molecule has 0 spiro atoms. The SMILES string of the molecule is O=C(CNc1ccc(F)cc1)N/N=C\c1ccc(OCc2ccc(Br)cc2)cc1. The first kappa shape index (κ1) is 20.5. The normalized spacial score (nSPS) is 10.7. The van der Waals surface area contributed by atoms with Gasteiger partial charge in [0, 0.05) is 10.2 Å². The number of amides is 1. The highest BCUT2D eigenvalue weighted by molar-refractivity contribution is 9.10. The average Bonchev–Trinajstić information content (AvgIpc) is 2.74. The topological polar surface area (TPSA) is 62.7 Å². The van der Waals surface area contributed by atoms with E-state index < -0.39 is 0 Å². The first-order valence-corrected chi connectivity index (χ1v) is 9.66. The molecule has 148 valence electrons. The zero-order valence-corrected chi connectivity index (χ0v) is 17.0. The molecule has 3 aromatic carbocycles. The number of halogens is 2. The van der Waals surface area contributed by atoms with Gasteiger partial charge in [0.15, 0.2) is 0 Å². The number of carbonyl (C=O) groups excluding carboxylic acids is 1. The Morgan fingerprint density at radius 3 is 2.38 bits per heavy atom. The molecule has 1 amide bonds. The Morgan fingerprint density at radius 1 is 1.00 bits per heavy atom. The number of hydrazone groups is 1. The van der Waals surface area contributed by atoms with Crippen LogP contribution in [0.15, 0.2) is 82.4 Å². The number of hydrogen-bond donors (Lipinski definition) is 2. The van der Waals surface area contributed by atoms with Crippen molar-refractivity contribution in [3.63, 3.8) is 0 Å². The van der Waals surface area contributed by atoms with E-state index in [2.05, 4.69) is 31.8 Å². The minimum absolute atomic E-state index is 0.0335. The maximum absolute atomic E-state index is 12.8. The molecule has 0 saturated heterocycles. The van der Waals surface area contributed by atoms with E-state index in [-0.39, 0.29) is 18.3 Å². The summed E-state index contributed by atoms with van der Waals surface area (Å²) in [5, 5.41) is 6.82. The molecule has 0 atom stereocenters. The molecule has 0 aliphatic rings. The molecule has 5 nitrogen and oxygen atoms in total. The van der Waals surface area contributed by atoms with Crippen LogP contribution in [0.4, 0.5) is 10.1 Å². The maximum atomic E-state index is 12.8. The van der Waals surface area contributed by atoms with Gasteiger partial charge in [-0.25, -0.2) is 9.82 Å². The lowest BCUT2D eigenvalue weighted by Crippen LogP contribution is -2.25. The first-order chi connectivity index (χ1) is 14.1. The van der Waals surface area contributed by atoms with Crippen LogP contribution in [-0.2, 0) is 11.4 Å². The fourth-order valence-corrected chi connectivity index (χ4v) is 2.63. The van der Waals surface area contributed by atoms with E-state index in [4.69, 9.17) is 4.74 Å². The van der Waals surface area contributed by atoms with Crippen molar-refractivity contribution in [2.24, 2.45) is 5.10 Å². The van der Waals surface area contributed by atoms with Gasteiger partial charge in [0.2, 0.25) is 0 Å². The predicted molar refractivity (Wildman–Crippen MR) is 116 cm³/mol. The van der Waals surface area contributed by atoms with Crippen LogP contribution >= 0.6 is 15.9 Å². The standard InChI is InChI=1S/C22H19BrFN3O2/c23-18-5-1-17(2-6-18)15-29-21-11-3-16(4-12-21)13-26-27-22(28)14-25-20-9-7-19(24)8-10-20/h1-13,25H,14-15H2,(H,27,28)/b26-13-. The molecule has 0 fully saturated rings. The first-order valence-electron chi connectivity index (χ1n) is 8.87. The van der Waals surface area contributed by atoms with E-state index in [1.807, 2.05) is 48.5 Å². The lowest BCUT2D eigenvalue weighted by Gasteiger charge is -2.07. The summed E-state index contributed by atoms with van der Waals surface area (Å²) in [6.45, 7) is 0.517. The number of nitrogens with one attached hydrogen (secondary N) is 2. The Bertz CT molecular complexity index is 959. The van der Waals surface area contributed by atoms with Gasteiger partial charge >= 0.3 is 0 Å². The van der Waals surface area contributed by atoms with Crippen LogP contribution in [0.25, 0.3) is 0 Å². The van der Waals surface area contributed by atoms with Gasteiger partial charge in [-0.2, -0.15) is 5.10 Å². The second-order valence-electron chi connectivity index (χ2n) is 6.14. The van der Waals surface area contributed by atoms with Gasteiger partial charge in [-0.1, -0.05) is 28.1 Å². The Kier molecular flexibility index (Phi) is 7.35.